The second-order valence-corrected chi connectivity index (χ2v) is 3.66. The highest BCUT2D eigenvalue weighted by Gasteiger charge is 2.17. The normalized spacial score (nSPS) is 16.3. The minimum atomic E-state index is 0.121. The molecule has 0 aromatic carbocycles. The van der Waals surface area contributed by atoms with E-state index in [4.69, 9.17) is 4.74 Å². The van der Waals surface area contributed by atoms with E-state index in [1.807, 2.05) is 12.1 Å². The average molecular weight is 221 g/mol. The number of rotatable bonds is 3. The number of carbonyl (C=O) groups is 1. The summed E-state index contributed by atoms with van der Waals surface area (Å²) in [5.41, 5.74) is 0.856. The molecule has 0 bridgehead atoms. The van der Waals surface area contributed by atoms with Crippen molar-refractivity contribution in [1.29, 1.82) is 0 Å². The van der Waals surface area contributed by atoms with E-state index in [1.54, 1.807) is 18.1 Å². The molecule has 0 saturated carbocycles. The van der Waals surface area contributed by atoms with Crippen LogP contribution in [0.2, 0.25) is 0 Å². The summed E-state index contributed by atoms with van der Waals surface area (Å²) in [6.45, 7) is 2.55. The number of methoxy groups -OCH3 is 1. The number of amides is 1. The van der Waals surface area contributed by atoms with E-state index < -0.39 is 0 Å². The molecule has 1 aliphatic rings. The minimum absolute atomic E-state index is 0.121. The van der Waals surface area contributed by atoms with Crippen LogP contribution in [-0.4, -0.2) is 42.5 Å². The zero-order chi connectivity index (χ0) is 11.4. The van der Waals surface area contributed by atoms with Crippen molar-refractivity contribution in [3.8, 4) is 5.88 Å². The quantitative estimate of drug-likeness (QED) is 0.782. The molecule has 0 unspecified atom stereocenters. The molecule has 1 aromatic heterocycles. The van der Waals surface area contributed by atoms with E-state index in [9.17, 15) is 4.79 Å². The molecule has 2 rings (SSSR count). The van der Waals surface area contributed by atoms with Gasteiger partial charge >= 0.3 is 0 Å². The molecule has 0 aliphatic carbocycles. The number of nitrogens with zero attached hydrogens (tertiary/aromatic N) is 2. The molecule has 5 nitrogen and oxygen atoms in total. The third-order valence-electron chi connectivity index (χ3n) is 2.53. The number of pyridine rings is 1. The minimum Gasteiger partial charge on any atom is -0.481 e. The molecule has 0 atom stereocenters. The summed E-state index contributed by atoms with van der Waals surface area (Å²) in [4.78, 5) is 17.6. The van der Waals surface area contributed by atoms with Gasteiger partial charge in [-0.3, -0.25) is 4.79 Å². The SMILES string of the molecule is COc1cccc(CN2CCNCC2=O)n1. The summed E-state index contributed by atoms with van der Waals surface area (Å²) in [6, 6.07) is 5.58. The fourth-order valence-electron chi connectivity index (χ4n) is 1.67. The molecule has 2 heterocycles. The van der Waals surface area contributed by atoms with Crippen LogP contribution in [0.5, 0.6) is 5.88 Å². The Labute approximate surface area is 94.4 Å². The summed E-state index contributed by atoms with van der Waals surface area (Å²) in [7, 11) is 1.59. The van der Waals surface area contributed by atoms with Gasteiger partial charge in [0.25, 0.3) is 0 Å². The molecule has 16 heavy (non-hydrogen) atoms. The number of hydrogen-bond acceptors (Lipinski definition) is 4. The summed E-state index contributed by atoms with van der Waals surface area (Å²) in [5.74, 6) is 0.705. The Kier molecular flexibility index (Phi) is 3.36. The summed E-state index contributed by atoms with van der Waals surface area (Å²) in [5, 5.41) is 3.04. The highest BCUT2D eigenvalue weighted by Crippen LogP contribution is 2.09. The molecule has 0 radical (unpaired) electrons. The zero-order valence-corrected chi connectivity index (χ0v) is 9.27. The first-order chi connectivity index (χ1) is 7.79. The largest absolute Gasteiger partial charge is 0.481 e. The lowest BCUT2D eigenvalue weighted by atomic mass is 10.3. The van der Waals surface area contributed by atoms with Gasteiger partial charge in [0.2, 0.25) is 11.8 Å². The van der Waals surface area contributed by atoms with Gasteiger partial charge in [0.05, 0.1) is 25.9 Å². The predicted octanol–water partition coefficient (Wildman–Crippen LogP) is 0.0220. The van der Waals surface area contributed by atoms with Crippen LogP contribution < -0.4 is 10.1 Å². The van der Waals surface area contributed by atoms with E-state index in [0.29, 0.717) is 19.0 Å². The number of hydrogen-bond donors (Lipinski definition) is 1. The summed E-state index contributed by atoms with van der Waals surface area (Å²) < 4.78 is 5.04. The van der Waals surface area contributed by atoms with Crippen molar-refractivity contribution in [2.75, 3.05) is 26.7 Å². The van der Waals surface area contributed by atoms with Crippen molar-refractivity contribution in [3.63, 3.8) is 0 Å². The van der Waals surface area contributed by atoms with Crippen molar-refractivity contribution in [2.24, 2.45) is 0 Å². The lowest BCUT2D eigenvalue weighted by Crippen LogP contribution is -2.47. The summed E-state index contributed by atoms with van der Waals surface area (Å²) in [6.07, 6.45) is 0. The standard InChI is InChI=1S/C11H15N3O2/c1-16-10-4-2-3-9(13-10)8-14-6-5-12-7-11(14)15/h2-4,12H,5-8H2,1H3. The van der Waals surface area contributed by atoms with Crippen molar-refractivity contribution < 1.29 is 9.53 Å². The van der Waals surface area contributed by atoms with Crippen molar-refractivity contribution >= 4 is 5.91 Å². The van der Waals surface area contributed by atoms with E-state index in [0.717, 1.165) is 18.8 Å². The van der Waals surface area contributed by atoms with Gasteiger partial charge in [-0.05, 0) is 6.07 Å². The number of carbonyl (C=O) groups excluding carboxylic acids is 1. The molecule has 5 heteroatoms. The molecule has 1 saturated heterocycles. The zero-order valence-electron chi connectivity index (χ0n) is 9.27. The Balaban J connectivity index is 2.04. The Morgan fingerprint density at radius 2 is 2.44 bits per heavy atom. The highest BCUT2D eigenvalue weighted by molar-refractivity contribution is 5.78. The Hall–Kier alpha value is -1.62. The lowest BCUT2D eigenvalue weighted by Gasteiger charge is -2.27. The van der Waals surface area contributed by atoms with Gasteiger partial charge in [0, 0.05) is 19.2 Å². The number of piperazine rings is 1. The number of nitrogens with one attached hydrogen (secondary N) is 1. The molecular formula is C11H15N3O2. The first-order valence-corrected chi connectivity index (χ1v) is 5.28. The first-order valence-electron chi connectivity index (χ1n) is 5.28. The van der Waals surface area contributed by atoms with Crippen LogP contribution in [0.4, 0.5) is 0 Å². The van der Waals surface area contributed by atoms with Crippen molar-refractivity contribution in [3.05, 3.63) is 23.9 Å². The smallest absolute Gasteiger partial charge is 0.236 e. The maximum atomic E-state index is 11.6. The van der Waals surface area contributed by atoms with Crippen LogP contribution in [0.25, 0.3) is 0 Å². The van der Waals surface area contributed by atoms with Gasteiger partial charge in [-0.25, -0.2) is 4.98 Å². The molecule has 1 fully saturated rings. The second-order valence-electron chi connectivity index (χ2n) is 3.66. The lowest BCUT2D eigenvalue weighted by molar-refractivity contribution is -0.132. The molecule has 86 valence electrons. The van der Waals surface area contributed by atoms with Gasteiger partial charge in [-0.1, -0.05) is 6.07 Å². The Morgan fingerprint density at radius 3 is 3.19 bits per heavy atom. The maximum absolute atomic E-state index is 11.6. The third-order valence-corrected chi connectivity index (χ3v) is 2.53. The van der Waals surface area contributed by atoms with E-state index in [1.165, 1.54) is 0 Å². The van der Waals surface area contributed by atoms with E-state index in [2.05, 4.69) is 10.3 Å². The van der Waals surface area contributed by atoms with Crippen LogP contribution in [-0.2, 0) is 11.3 Å². The van der Waals surface area contributed by atoms with Gasteiger partial charge in [0.1, 0.15) is 0 Å². The van der Waals surface area contributed by atoms with Crippen molar-refractivity contribution in [1.82, 2.24) is 15.2 Å². The van der Waals surface area contributed by atoms with Crippen molar-refractivity contribution in [2.45, 2.75) is 6.54 Å². The Morgan fingerprint density at radius 1 is 1.56 bits per heavy atom. The van der Waals surface area contributed by atoms with E-state index >= 15 is 0 Å². The second kappa shape index (κ2) is 4.94. The van der Waals surface area contributed by atoms with Crippen LogP contribution in [0, 0.1) is 0 Å². The van der Waals surface area contributed by atoms with Gasteiger partial charge in [-0.15, -0.1) is 0 Å². The summed E-state index contributed by atoms with van der Waals surface area (Å²) >= 11 is 0. The monoisotopic (exact) mass is 221 g/mol. The number of aromatic nitrogens is 1. The maximum Gasteiger partial charge on any atom is 0.236 e. The van der Waals surface area contributed by atoms with Gasteiger partial charge in [-0.2, -0.15) is 0 Å². The topological polar surface area (TPSA) is 54.5 Å². The average Bonchev–Trinajstić information content (AvgIpc) is 2.32. The third kappa shape index (κ3) is 2.49. The van der Waals surface area contributed by atoms with Crippen LogP contribution in [0.15, 0.2) is 18.2 Å². The fourth-order valence-corrected chi connectivity index (χ4v) is 1.67. The first kappa shape index (κ1) is 10.9. The number of ether oxygens (including phenoxy) is 1. The van der Waals surface area contributed by atoms with Crippen LogP contribution in [0.3, 0.4) is 0 Å². The molecular weight excluding hydrogens is 206 g/mol. The van der Waals surface area contributed by atoms with Gasteiger partial charge in [0.15, 0.2) is 0 Å². The molecule has 1 aliphatic heterocycles. The van der Waals surface area contributed by atoms with E-state index in [-0.39, 0.29) is 5.91 Å². The molecule has 1 amide bonds. The van der Waals surface area contributed by atoms with Gasteiger partial charge < -0.3 is 15.0 Å². The highest BCUT2D eigenvalue weighted by atomic mass is 16.5. The molecule has 1 aromatic rings. The predicted molar refractivity (Wildman–Crippen MR) is 59.1 cm³/mol. The Bertz CT molecular complexity index is 381. The molecule has 0 spiro atoms. The van der Waals surface area contributed by atoms with Crippen LogP contribution >= 0.6 is 0 Å². The fraction of sp³-hybridized carbons (Fsp3) is 0.455. The molecule has 1 N–H and O–H groups in total. The van der Waals surface area contributed by atoms with Crippen LogP contribution in [0.1, 0.15) is 5.69 Å².